The van der Waals surface area contributed by atoms with Gasteiger partial charge in [0, 0.05) is 11.7 Å². The Morgan fingerprint density at radius 3 is 2.44 bits per heavy atom. The zero-order valence-corrected chi connectivity index (χ0v) is 16.8. The van der Waals surface area contributed by atoms with Crippen LogP contribution in [0.1, 0.15) is 52.0 Å². The number of carbonyl (C=O) groups excluding carboxylic acids is 1. The summed E-state index contributed by atoms with van der Waals surface area (Å²) in [5.41, 5.74) is 2.30. The van der Waals surface area contributed by atoms with Gasteiger partial charge in [-0.25, -0.2) is 0 Å². The van der Waals surface area contributed by atoms with Crippen LogP contribution in [-0.4, -0.2) is 27.9 Å². The van der Waals surface area contributed by atoms with Gasteiger partial charge in [-0.3, -0.25) is 4.79 Å². The van der Waals surface area contributed by atoms with Gasteiger partial charge in [0.2, 0.25) is 11.0 Å². The van der Waals surface area contributed by atoms with Gasteiger partial charge < -0.3 is 10.6 Å². The summed E-state index contributed by atoms with van der Waals surface area (Å²) in [6.07, 6.45) is 1.91. The first-order valence-electron chi connectivity index (χ1n) is 8.64. The molecule has 0 fully saturated rings. The highest BCUT2D eigenvalue weighted by Crippen LogP contribution is 2.28. The maximum Gasteiger partial charge on any atom is 0.230 e. The van der Waals surface area contributed by atoms with Crippen LogP contribution in [0.2, 0.25) is 0 Å². The van der Waals surface area contributed by atoms with Gasteiger partial charge in [-0.2, -0.15) is 0 Å². The topological polar surface area (TPSA) is 66.9 Å². The van der Waals surface area contributed by atoms with Crippen LogP contribution in [0, 0.1) is 0 Å². The molecule has 7 heteroatoms. The molecule has 1 heterocycles. The number of nitrogens with one attached hydrogen (secondary N) is 2. The number of rotatable bonds is 9. The number of hydrogen-bond acceptors (Lipinski definition) is 6. The van der Waals surface area contributed by atoms with Crippen LogP contribution in [0.5, 0.6) is 0 Å². The fourth-order valence-electron chi connectivity index (χ4n) is 2.28. The Morgan fingerprint density at radius 2 is 1.84 bits per heavy atom. The molecule has 5 nitrogen and oxygen atoms in total. The molecular weight excluding hydrogens is 352 g/mol. The molecule has 136 valence electrons. The number of benzene rings is 1. The van der Waals surface area contributed by atoms with Gasteiger partial charge in [0.05, 0.1) is 5.75 Å². The summed E-state index contributed by atoms with van der Waals surface area (Å²) in [6, 6.07) is 8.59. The highest BCUT2D eigenvalue weighted by atomic mass is 32.2. The second-order valence-electron chi connectivity index (χ2n) is 6.14. The standard InChI is InChI=1S/C18H26N4OS2/c1-5-14(6-2)19-16(23)11-24-18-22-21-17(25-18)20-15-9-7-13(8-10-15)12(3)4/h7-10,12,14H,5-6,11H2,1-4H3,(H,19,23)(H,20,21). The van der Waals surface area contributed by atoms with E-state index in [1.54, 1.807) is 0 Å². The van der Waals surface area contributed by atoms with E-state index < -0.39 is 0 Å². The Kier molecular flexibility index (Phi) is 7.71. The Balaban J connectivity index is 1.84. The van der Waals surface area contributed by atoms with Crippen LogP contribution in [0.3, 0.4) is 0 Å². The first kappa shape index (κ1) is 19.7. The van der Waals surface area contributed by atoms with Crippen LogP contribution >= 0.6 is 23.1 Å². The lowest BCUT2D eigenvalue weighted by atomic mass is 10.0. The van der Waals surface area contributed by atoms with Crippen molar-refractivity contribution in [2.24, 2.45) is 0 Å². The molecule has 0 atom stereocenters. The quantitative estimate of drug-likeness (QED) is 0.613. The van der Waals surface area contributed by atoms with E-state index >= 15 is 0 Å². The predicted molar refractivity (Wildman–Crippen MR) is 107 cm³/mol. The summed E-state index contributed by atoms with van der Waals surface area (Å²) in [7, 11) is 0. The molecule has 0 aliphatic carbocycles. The van der Waals surface area contributed by atoms with Crippen LogP contribution in [0.15, 0.2) is 28.6 Å². The van der Waals surface area contributed by atoms with Crippen LogP contribution < -0.4 is 10.6 Å². The third-order valence-electron chi connectivity index (χ3n) is 3.91. The molecule has 0 aliphatic rings. The van der Waals surface area contributed by atoms with Crippen molar-refractivity contribution in [3.63, 3.8) is 0 Å². The fourth-order valence-corrected chi connectivity index (χ4v) is 3.87. The third kappa shape index (κ3) is 6.32. The predicted octanol–water partition coefficient (Wildman–Crippen LogP) is 4.80. The molecule has 0 saturated carbocycles. The minimum Gasteiger partial charge on any atom is -0.353 e. The molecule has 0 saturated heterocycles. The van der Waals surface area contributed by atoms with Gasteiger partial charge in [0.1, 0.15) is 0 Å². The van der Waals surface area contributed by atoms with Crippen molar-refractivity contribution in [2.75, 3.05) is 11.1 Å². The van der Waals surface area contributed by atoms with Crippen molar-refractivity contribution >= 4 is 39.8 Å². The van der Waals surface area contributed by atoms with Gasteiger partial charge >= 0.3 is 0 Å². The summed E-state index contributed by atoms with van der Waals surface area (Å²) < 4.78 is 0.793. The van der Waals surface area contributed by atoms with E-state index in [0.717, 1.165) is 28.0 Å². The van der Waals surface area contributed by atoms with E-state index in [1.165, 1.54) is 28.7 Å². The van der Waals surface area contributed by atoms with Crippen molar-refractivity contribution in [3.8, 4) is 0 Å². The van der Waals surface area contributed by atoms with E-state index in [4.69, 9.17) is 0 Å². The minimum absolute atomic E-state index is 0.0488. The van der Waals surface area contributed by atoms with E-state index in [9.17, 15) is 4.79 Å². The zero-order chi connectivity index (χ0) is 18.2. The fraction of sp³-hybridized carbons (Fsp3) is 0.500. The Labute approximate surface area is 158 Å². The first-order valence-corrected chi connectivity index (χ1v) is 10.4. The summed E-state index contributed by atoms with van der Waals surface area (Å²) in [4.78, 5) is 11.9. The van der Waals surface area contributed by atoms with Crippen LogP contribution in [-0.2, 0) is 4.79 Å². The van der Waals surface area contributed by atoms with Crippen molar-refractivity contribution in [1.82, 2.24) is 15.5 Å². The van der Waals surface area contributed by atoms with E-state index in [0.29, 0.717) is 11.7 Å². The number of thioether (sulfide) groups is 1. The summed E-state index contributed by atoms with van der Waals surface area (Å²) in [6.45, 7) is 8.52. The van der Waals surface area contributed by atoms with Crippen LogP contribution in [0.25, 0.3) is 0 Å². The highest BCUT2D eigenvalue weighted by Gasteiger charge is 2.11. The number of aromatic nitrogens is 2. The van der Waals surface area contributed by atoms with Gasteiger partial charge in [0.25, 0.3) is 0 Å². The molecule has 0 bridgehead atoms. The molecule has 0 radical (unpaired) electrons. The lowest BCUT2D eigenvalue weighted by Crippen LogP contribution is -2.34. The molecule has 2 aromatic rings. The number of amides is 1. The lowest BCUT2D eigenvalue weighted by Gasteiger charge is -2.13. The second-order valence-corrected chi connectivity index (χ2v) is 8.34. The van der Waals surface area contributed by atoms with Crippen molar-refractivity contribution in [2.45, 2.75) is 56.8 Å². The van der Waals surface area contributed by atoms with E-state index in [-0.39, 0.29) is 11.9 Å². The highest BCUT2D eigenvalue weighted by molar-refractivity contribution is 8.01. The van der Waals surface area contributed by atoms with Gasteiger partial charge in [-0.05, 0) is 36.5 Å². The zero-order valence-electron chi connectivity index (χ0n) is 15.2. The van der Waals surface area contributed by atoms with Gasteiger partial charge in [-0.15, -0.1) is 10.2 Å². The summed E-state index contributed by atoms with van der Waals surface area (Å²) in [5.74, 6) is 0.936. The molecular formula is C18H26N4OS2. The molecule has 0 spiro atoms. The molecule has 2 rings (SSSR count). The average molecular weight is 379 g/mol. The third-order valence-corrected chi connectivity index (χ3v) is 5.88. The maximum absolute atomic E-state index is 11.9. The lowest BCUT2D eigenvalue weighted by molar-refractivity contribution is -0.119. The maximum atomic E-state index is 11.9. The Hall–Kier alpha value is -1.60. The first-order chi connectivity index (χ1) is 12.0. The minimum atomic E-state index is 0.0488. The summed E-state index contributed by atoms with van der Waals surface area (Å²) >= 11 is 2.88. The van der Waals surface area contributed by atoms with E-state index in [2.05, 4.69) is 60.7 Å². The molecule has 0 unspecified atom stereocenters. The molecule has 0 aliphatic heterocycles. The summed E-state index contributed by atoms with van der Waals surface area (Å²) in [5, 5.41) is 15.3. The number of carbonyl (C=O) groups is 1. The molecule has 2 N–H and O–H groups in total. The molecule has 25 heavy (non-hydrogen) atoms. The Morgan fingerprint density at radius 1 is 1.16 bits per heavy atom. The van der Waals surface area contributed by atoms with Crippen LogP contribution in [0.4, 0.5) is 10.8 Å². The smallest absolute Gasteiger partial charge is 0.230 e. The normalized spacial score (nSPS) is 11.1. The molecule has 1 aromatic carbocycles. The monoisotopic (exact) mass is 378 g/mol. The van der Waals surface area contributed by atoms with Gasteiger partial charge in [0.15, 0.2) is 4.34 Å². The van der Waals surface area contributed by atoms with Crippen molar-refractivity contribution in [3.05, 3.63) is 29.8 Å². The number of anilines is 2. The second kappa shape index (κ2) is 9.77. The van der Waals surface area contributed by atoms with Gasteiger partial charge in [-0.1, -0.05) is 62.9 Å². The Bertz CT molecular complexity index is 666. The molecule has 1 aromatic heterocycles. The van der Waals surface area contributed by atoms with Crippen molar-refractivity contribution < 1.29 is 4.79 Å². The molecule has 1 amide bonds. The largest absolute Gasteiger partial charge is 0.353 e. The average Bonchev–Trinajstić information content (AvgIpc) is 3.05. The number of hydrogen-bond donors (Lipinski definition) is 2. The number of nitrogens with zero attached hydrogens (tertiary/aromatic N) is 2. The SMILES string of the molecule is CCC(CC)NC(=O)CSc1nnc(Nc2ccc(C(C)C)cc2)s1. The van der Waals surface area contributed by atoms with Crippen molar-refractivity contribution in [1.29, 1.82) is 0 Å². The van der Waals surface area contributed by atoms with E-state index in [1.807, 2.05) is 12.1 Å².